The van der Waals surface area contributed by atoms with Gasteiger partial charge in [0.1, 0.15) is 0 Å². The number of nitrogens with zero attached hydrogens (tertiary/aromatic N) is 3. The number of aryl methyl sites for hydroxylation is 4. The molecule has 2 heterocycles. The van der Waals surface area contributed by atoms with Gasteiger partial charge in [-0.25, -0.2) is 4.57 Å². The summed E-state index contributed by atoms with van der Waals surface area (Å²) in [5, 5.41) is 0. The van der Waals surface area contributed by atoms with Crippen LogP contribution in [-0.4, -0.2) is 8.97 Å². The molecule has 22 heavy (non-hydrogen) atoms. The molecule has 0 unspecified atom stereocenters. The molecule has 0 aliphatic rings. The van der Waals surface area contributed by atoms with E-state index in [1.807, 2.05) is 0 Å². The van der Waals surface area contributed by atoms with E-state index >= 15 is 0 Å². The lowest BCUT2D eigenvalue weighted by molar-refractivity contribution is -0.676. The summed E-state index contributed by atoms with van der Waals surface area (Å²) >= 11 is 0. The molecule has 0 amide bonds. The topological polar surface area (TPSA) is 13.2 Å². The first-order chi connectivity index (χ1) is 10.6. The maximum atomic E-state index is 2.38. The Morgan fingerprint density at radius 3 is 2.14 bits per heavy atom. The lowest BCUT2D eigenvalue weighted by Crippen LogP contribution is -2.28. The Morgan fingerprint density at radius 2 is 1.45 bits per heavy atom. The summed E-state index contributed by atoms with van der Waals surface area (Å²) in [5.41, 5.74) is 7.58. The Kier molecular flexibility index (Phi) is 2.67. The summed E-state index contributed by atoms with van der Waals surface area (Å²) in [6, 6.07) is 15.1. The zero-order chi connectivity index (χ0) is 15.4. The first-order valence-corrected chi connectivity index (χ1v) is 7.63. The van der Waals surface area contributed by atoms with Gasteiger partial charge in [0.05, 0.1) is 18.3 Å². The van der Waals surface area contributed by atoms with Crippen LogP contribution in [0.15, 0.2) is 48.7 Å². The molecule has 0 fully saturated rings. The number of imidazole rings is 2. The van der Waals surface area contributed by atoms with Crippen molar-refractivity contribution >= 4 is 16.7 Å². The van der Waals surface area contributed by atoms with Gasteiger partial charge in [0.15, 0.2) is 11.7 Å². The van der Waals surface area contributed by atoms with E-state index in [2.05, 4.69) is 90.0 Å². The molecule has 110 valence electrons. The molecule has 0 N–H and O–H groups in total. The van der Waals surface area contributed by atoms with Crippen molar-refractivity contribution < 1.29 is 4.57 Å². The zero-order valence-electron chi connectivity index (χ0n) is 13.5. The minimum atomic E-state index is 1.21. The van der Waals surface area contributed by atoms with E-state index in [4.69, 9.17) is 0 Å². The number of hydrogen-bond donors (Lipinski definition) is 0. The first kappa shape index (κ1) is 13.1. The summed E-state index contributed by atoms with van der Waals surface area (Å²) in [4.78, 5) is 0. The van der Waals surface area contributed by atoms with E-state index in [1.165, 1.54) is 39.3 Å². The van der Waals surface area contributed by atoms with Crippen molar-refractivity contribution in [2.24, 2.45) is 7.05 Å². The molecule has 2 aromatic carbocycles. The van der Waals surface area contributed by atoms with Crippen molar-refractivity contribution in [2.45, 2.75) is 20.8 Å². The Labute approximate surface area is 130 Å². The van der Waals surface area contributed by atoms with Gasteiger partial charge in [0.25, 0.3) is 11.5 Å². The van der Waals surface area contributed by atoms with Crippen LogP contribution in [0.2, 0.25) is 0 Å². The van der Waals surface area contributed by atoms with Gasteiger partial charge in [-0.2, -0.15) is 4.40 Å². The predicted octanol–water partition coefficient (Wildman–Crippen LogP) is 3.63. The molecule has 0 aliphatic heterocycles. The highest BCUT2D eigenvalue weighted by atomic mass is 15.2. The third-order valence-corrected chi connectivity index (χ3v) is 4.63. The molecule has 3 nitrogen and oxygen atoms in total. The largest absolute Gasteiger partial charge is 0.269 e. The van der Waals surface area contributed by atoms with E-state index in [0.717, 1.165) is 0 Å². The Balaban J connectivity index is 2.28. The van der Waals surface area contributed by atoms with Crippen molar-refractivity contribution in [2.75, 3.05) is 0 Å². The predicted molar refractivity (Wildman–Crippen MR) is 89.6 cm³/mol. The first-order valence-electron chi connectivity index (χ1n) is 7.63. The van der Waals surface area contributed by atoms with Gasteiger partial charge in [0, 0.05) is 6.92 Å². The smallest absolute Gasteiger partial charge is 0.260 e. The fourth-order valence-electron chi connectivity index (χ4n) is 3.46. The summed E-state index contributed by atoms with van der Waals surface area (Å²) in [6.07, 6.45) is 2.21. The summed E-state index contributed by atoms with van der Waals surface area (Å²) in [6.45, 7) is 6.53. The van der Waals surface area contributed by atoms with Crippen molar-refractivity contribution in [3.05, 3.63) is 65.6 Å². The second kappa shape index (κ2) is 4.47. The van der Waals surface area contributed by atoms with Crippen molar-refractivity contribution in [1.29, 1.82) is 0 Å². The number of hydrogen-bond acceptors (Lipinski definition) is 0. The Hall–Kier alpha value is -2.55. The van der Waals surface area contributed by atoms with E-state index in [0.29, 0.717) is 0 Å². The molecular weight excluding hydrogens is 270 g/mol. The van der Waals surface area contributed by atoms with E-state index in [9.17, 15) is 0 Å². The van der Waals surface area contributed by atoms with Crippen LogP contribution in [0, 0.1) is 20.8 Å². The average molecular weight is 290 g/mol. The normalized spacial score (nSPS) is 11.6. The molecule has 0 atom stereocenters. The van der Waals surface area contributed by atoms with E-state index in [1.54, 1.807) is 0 Å². The van der Waals surface area contributed by atoms with Crippen LogP contribution in [0.5, 0.6) is 0 Å². The van der Waals surface area contributed by atoms with E-state index in [-0.39, 0.29) is 0 Å². The number of rotatable bonds is 1. The second-order valence-electron chi connectivity index (χ2n) is 6.05. The molecule has 0 saturated heterocycles. The highest BCUT2D eigenvalue weighted by Gasteiger charge is 2.23. The van der Waals surface area contributed by atoms with Crippen molar-refractivity contribution in [3.63, 3.8) is 0 Å². The number of aromatic nitrogens is 3. The molecule has 0 radical (unpaired) electrons. The van der Waals surface area contributed by atoms with Crippen LogP contribution >= 0.6 is 0 Å². The number of para-hydroxylation sites is 3. The third kappa shape index (κ3) is 1.59. The quantitative estimate of drug-likeness (QED) is 0.475. The van der Waals surface area contributed by atoms with Gasteiger partial charge in [-0.1, -0.05) is 30.3 Å². The zero-order valence-corrected chi connectivity index (χ0v) is 13.5. The molecule has 2 aromatic heterocycles. The van der Waals surface area contributed by atoms with Crippen LogP contribution < -0.4 is 4.57 Å². The molecule has 3 heteroatoms. The number of benzene rings is 2. The van der Waals surface area contributed by atoms with Crippen LogP contribution in [-0.2, 0) is 7.05 Å². The lowest BCUT2D eigenvalue weighted by Gasteiger charge is -2.11. The maximum absolute atomic E-state index is 2.38. The monoisotopic (exact) mass is 290 g/mol. The van der Waals surface area contributed by atoms with Crippen LogP contribution in [0.25, 0.3) is 22.4 Å². The van der Waals surface area contributed by atoms with Gasteiger partial charge in [0.2, 0.25) is 0 Å². The van der Waals surface area contributed by atoms with Crippen LogP contribution in [0.4, 0.5) is 0 Å². The summed E-state index contributed by atoms with van der Waals surface area (Å²) < 4.78 is 6.90. The Bertz CT molecular complexity index is 998. The van der Waals surface area contributed by atoms with Crippen LogP contribution in [0.3, 0.4) is 0 Å². The standard InChI is InChI=1S/C19H20N3/c1-13-8-7-9-14(2)19(13)22-17-11-6-5-10-16(17)21-15(3)20(4)12-18(21)22/h5-12H,1-4H3/q+1. The SMILES string of the molecule is Cc1cccc(C)c1-n1c2ccccc2n2c(C)[n+](C)cc12. The van der Waals surface area contributed by atoms with Gasteiger partial charge in [-0.05, 0) is 37.1 Å². The van der Waals surface area contributed by atoms with Crippen LogP contribution in [0.1, 0.15) is 17.0 Å². The van der Waals surface area contributed by atoms with Gasteiger partial charge in [-0.3, -0.25) is 4.57 Å². The van der Waals surface area contributed by atoms with Gasteiger partial charge >= 0.3 is 0 Å². The maximum Gasteiger partial charge on any atom is 0.260 e. The minimum Gasteiger partial charge on any atom is -0.269 e. The summed E-state index contributed by atoms with van der Waals surface area (Å²) in [7, 11) is 2.10. The molecule has 0 spiro atoms. The molecule has 4 aromatic rings. The molecule has 0 saturated carbocycles. The molecule has 0 aliphatic carbocycles. The van der Waals surface area contributed by atoms with Gasteiger partial charge < -0.3 is 0 Å². The van der Waals surface area contributed by atoms with Crippen molar-refractivity contribution in [1.82, 2.24) is 8.97 Å². The highest BCUT2D eigenvalue weighted by Crippen LogP contribution is 2.29. The highest BCUT2D eigenvalue weighted by molar-refractivity contribution is 5.85. The molecule has 0 bridgehead atoms. The molecule has 4 rings (SSSR count). The fraction of sp³-hybridized carbons (Fsp3) is 0.211. The second-order valence-corrected chi connectivity index (χ2v) is 6.05. The Morgan fingerprint density at radius 1 is 0.818 bits per heavy atom. The number of fused-ring (bicyclic) bond motifs is 3. The average Bonchev–Trinajstić information content (AvgIpc) is 2.95. The molecular formula is C19H20N3+. The third-order valence-electron chi connectivity index (χ3n) is 4.63. The van der Waals surface area contributed by atoms with Gasteiger partial charge in [-0.15, -0.1) is 0 Å². The van der Waals surface area contributed by atoms with E-state index < -0.39 is 0 Å². The fourth-order valence-corrected chi connectivity index (χ4v) is 3.46. The van der Waals surface area contributed by atoms with Crippen molar-refractivity contribution in [3.8, 4) is 5.69 Å². The summed E-state index contributed by atoms with van der Waals surface area (Å²) in [5.74, 6) is 1.23. The minimum absolute atomic E-state index is 1.21. The lowest BCUT2D eigenvalue weighted by atomic mass is 10.1.